The normalized spacial score (nSPS) is 13.2. The molecule has 0 fully saturated rings. The average molecular weight is 845 g/mol. The molecule has 0 rings (SSSR count). The molecule has 0 unspecified atom stereocenters. The maximum Gasteiger partial charge on any atom is 3.00 e. The second kappa shape index (κ2) is 13.4. The molecule has 0 atom stereocenters. The zero-order valence-electron chi connectivity index (χ0n) is 11.8. The number of rotatable bonds is 6. The van der Waals surface area contributed by atoms with Gasteiger partial charge in [0.1, 0.15) is 0 Å². The van der Waals surface area contributed by atoms with E-state index in [2.05, 4.69) is 9.53 Å². The van der Waals surface area contributed by atoms with E-state index >= 15 is 0 Å². The van der Waals surface area contributed by atoms with E-state index in [1.165, 1.54) is 0 Å². The van der Waals surface area contributed by atoms with Crippen molar-refractivity contribution in [1.82, 2.24) is 0 Å². The van der Waals surface area contributed by atoms with Crippen molar-refractivity contribution in [3.05, 3.63) is 0 Å². The van der Waals surface area contributed by atoms with Crippen LogP contribution in [-0.4, -0.2) is 53.8 Å². The molecule has 0 heterocycles. The molecule has 0 aliphatic carbocycles. The zero-order valence-corrected chi connectivity index (χ0v) is 23.1. The van der Waals surface area contributed by atoms with E-state index in [0.717, 1.165) is 0 Å². The summed E-state index contributed by atoms with van der Waals surface area (Å²) in [6.45, 7) is 0. The molecule has 0 bridgehead atoms. The summed E-state index contributed by atoms with van der Waals surface area (Å²) < 4.78 is 122. The predicted octanol–water partition coefficient (Wildman–Crippen LogP) is -5.99. The van der Waals surface area contributed by atoms with Crippen molar-refractivity contribution in [2.24, 2.45) is 0 Å². The minimum atomic E-state index is -6.28. The van der Waals surface area contributed by atoms with E-state index in [9.17, 15) is 45.4 Å². The van der Waals surface area contributed by atoms with Crippen LogP contribution >= 0.6 is 23.5 Å². The molecule has 0 aliphatic rings. The Morgan fingerprint density at radius 2 is 0.607 bits per heavy atom. The fourth-order valence-electron chi connectivity index (χ4n) is 0.357. The Labute approximate surface area is 181 Å². The summed E-state index contributed by atoms with van der Waals surface area (Å²) in [4.78, 5) is 46.1. The van der Waals surface area contributed by atoms with Crippen LogP contribution in [0.15, 0.2) is 0 Å². The number of hydrogen-bond acceptors (Lipinski definition) is 15. The standard InChI is InChI=1S/3Mo.3H3O4P.9O.Sb/c;;;3*1-5(2,3)4;;;;;;;;;;/h;;;3*(H3,1,2,3,4);;;;;;;;;;/q3*+1;;;;;;;;;;3*-1;+3/p-3. The topological polar surface area (TPSA) is 372 Å². The summed E-state index contributed by atoms with van der Waals surface area (Å²) in [5, 5.41) is 0. The van der Waals surface area contributed by atoms with Gasteiger partial charge in [-0.25, -0.2) is 0 Å². The third-order valence-corrected chi connectivity index (χ3v) is 10.0. The van der Waals surface area contributed by atoms with Gasteiger partial charge >= 0.3 is 182 Å². The second-order valence-corrected chi connectivity index (χ2v) is 15.6. The molecular formula is H6Mo3O21P3Sb. The van der Waals surface area contributed by atoms with Crippen molar-refractivity contribution in [2.45, 2.75) is 0 Å². The van der Waals surface area contributed by atoms with Gasteiger partial charge in [0.2, 0.25) is 0 Å². The van der Waals surface area contributed by atoms with Crippen molar-refractivity contribution < 1.29 is 134 Å². The number of phosphoric acid groups is 3. The Balaban J connectivity index is -0.000000152. The molecule has 0 aromatic rings. The van der Waals surface area contributed by atoms with Crippen LogP contribution in [0.5, 0.6) is 0 Å². The van der Waals surface area contributed by atoms with Crippen molar-refractivity contribution in [2.75, 3.05) is 0 Å². The van der Waals surface area contributed by atoms with Crippen LogP contribution in [0.1, 0.15) is 0 Å². The van der Waals surface area contributed by atoms with Crippen molar-refractivity contribution in [3.8, 4) is 0 Å². The first-order valence-electron chi connectivity index (χ1n) is 4.30. The average Bonchev–Trinajstić information content (AvgIpc) is 1.96. The zero-order chi connectivity index (χ0) is 23.1. The van der Waals surface area contributed by atoms with Crippen LogP contribution in [0.4, 0.5) is 0 Å². The van der Waals surface area contributed by atoms with Gasteiger partial charge in [0.25, 0.3) is 0 Å². The molecule has 0 aromatic heterocycles. The largest absolute Gasteiger partial charge is 3.00 e. The molecule has 0 aromatic carbocycles. The summed E-state index contributed by atoms with van der Waals surface area (Å²) in [5.41, 5.74) is 0. The van der Waals surface area contributed by atoms with E-state index in [0.29, 0.717) is 0 Å². The molecule has 6 N–H and O–H groups in total. The summed E-state index contributed by atoms with van der Waals surface area (Å²) in [7, 11) is -15.4. The Morgan fingerprint density at radius 3 is 0.607 bits per heavy atom. The van der Waals surface area contributed by atoms with Crippen molar-refractivity contribution in [3.63, 3.8) is 0 Å². The van der Waals surface area contributed by atoms with Gasteiger partial charge in [-0.15, -0.1) is 0 Å². The Morgan fingerprint density at radius 1 is 0.500 bits per heavy atom. The minimum absolute atomic E-state index is 0. The van der Waals surface area contributed by atoms with Gasteiger partial charge in [-0.1, -0.05) is 0 Å². The van der Waals surface area contributed by atoms with Crippen LogP contribution < -0.4 is 11.3 Å². The van der Waals surface area contributed by atoms with Crippen LogP contribution in [0.2, 0.25) is 0 Å². The van der Waals surface area contributed by atoms with E-state index in [4.69, 9.17) is 29.4 Å². The van der Waals surface area contributed by atoms with Crippen molar-refractivity contribution in [1.29, 1.82) is 0 Å². The molecule has 170 valence electrons. The van der Waals surface area contributed by atoms with Gasteiger partial charge in [-0.05, 0) is 0 Å². The molecule has 0 saturated heterocycles. The van der Waals surface area contributed by atoms with Crippen LogP contribution in [0.3, 0.4) is 0 Å². The summed E-state index contributed by atoms with van der Waals surface area (Å²) in [5.74, 6) is 0. The molecule has 0 saturated carbocycles. The molecular weight excluding hydrogens is 838 g/mol. The van der Waals surface area contributed by atoms with Crippen LogP contribution in [-0.2, 0) is 93.9 Å². The van der Waals surface area contributed by atoms with Gasteiger partial charge < -0.3 is 0 Å². The maximum absolute atomic E-state index is 9.57. The first kappa shape index (κ1) is 37.2. The first-order chi connectivity index (χ1) is 11.1. The quantitative estimate of drug-likeness (QED) is 0.107. The maximum atomic E-state index is 9.57. The number of hydrogen-bond donors (Lipinski definition) is 6. The monoisotopic (exact) mass is 849 g/mol. The Bertz CT molecular complexity index is 776. The van der Waals surface area contributed by atoms with Gasteiger partial charge in [0.05, 0.1) is 0 Å². The Hall–Kier alpha value is 1.89. The molecule has 28 heavy (non-hydrogen) atoms. The molecule has 0 spiro atoms. The molecule has 21 nitrogen and oxygen atoms in total. The van der Waals surface area contributed by atoms with E-state index in [1.807, 2.05) is 0 Å². The third kappa shape index (κ3) is 51.0. The summed E-state index contributed by atoms with van der Waals surface area (Å²) in [6.07, 6.45) is 0. The van der Waals surface area contributed by atoms with E-state index in [-0.39, 0.29) is 24.4 Å². The second-order valence-electron chi connectivity index (χ2n) is 2.92. The van der Waals surface area contributed by atoms with Crippen molar-refractivity contribution >= 4 is 47.9 Å². The molecule has 2 radical (unpaired) electrons. The molecule has 28 heteroatoms. The summed E-state index contributed by atoms with van der Waals surface area (Å²) >= 11 is -18.8. The minimum Gasteiger partial charge on any atom is 3.00 e. The van der Waals surface area contributed by atoms with Gasteiger partial charge in [0, 0.05) is 0 Å². The van der Waals surface area contributed by atoms with Gasteiger partial charge in [-0.3, -0.25) is 0 Å². The first-order valence-corrected chi connectivity index (χ1v) is 18.7. The van der Waals surface area contributed by atoms with E-state index in [1.54, 1.807) is 0 Å². The summed E-state index contributed by atoms with van der Waals surface area (Å²) in [6, 6.07) is 0. The SMILES string of the molecule is O=P(O)(O)[O][Mo](=[O])(=[O])[O-].O=P(O)(O)[O][Mo](=[O])(=[O])[O-].O=P(O)(O)[O][Mo](=[O])(=[O])[O-].[Sb+3]. The van der Waals surface area contributed by atoms with Crippen LogP contribution in [0, 0.1) is 0 Å². The Kier molecular flexibility index (Phi) is 17.9. The van der Waals surface area contributed by atoms with E-state index < -0.39 is 73.7 Å². The molecule has 0 amide bonds. The van der Waals surface area contributed by atoms with Gasteiger partial charge in [0.15, 0.2) is 0 Å². The smallest absolute Gasteiger partial charge is 3.00 e. The fourth-order valence-corrected chi connectivity index (χ4v) is 6.33. The van der Waals surface area contributed by atoms with Crippen LogP contribution in [0.25, 0.3) is 0 Å². The van der Waals surface area contributed by atoms with Gasteiger partial charge in [-0.2, -0.15) is 0 Å². The molecule has 0 aliphatic heterocycles. The fraction of sp³-hybridized carbons (Fsp3) is 0. The predicted molar refractivity (Wildman–Crippen MR) is 49.3 cm³/mol. The third-order valence-electron chi connectivity index (χ3n) is 0.565.